The first-order valence-electron chi connectivity index (χ1n) is 8.70. The van der Waals surface area contributed by atoms with Gasteiger partial charge < -0.3 is 19.7 Å². The van der Waals surface area contributed by atoms with E-state index in [1.807, 2.05) is 6.08 Å². The first kappa shape index (κ1) is 18.1. The Kier molecular flexibility index (Phi) is 4.99. The third-order valence-electron chi connectivity index (χ3n) is 5.59. The number of aliphatic hydroxyl groups excluding tert-OH is 1. The van der Waals surface area contributed by atoms with Crippen LogP contribution >= 0.6 is 0 Å². The number of ether oxygens (including phenoxy) is 2. The zero-order chi connectivity index (χ0) is 18.2. The highest BCUT2D eigenvalue weighted by Gasteiger charge is 2.46. The summed E-state index contributed by atoms with van der Waals surface area (Å²) >= 11 is 0. The van der Waals surface area contributed by atoms with Gasteiger partial charge in [0.2, 0.25) is 0 Å². The van der Waals surface area contributed by atoms with Gasteiger partial charge in [-0.15, -0.1) is 0 Å². The Labute approximate surface area is 146 Å². The van der Waals surface area contributed by atoms with Gasteiger partial charge in [0.15, 0.2) is 5.60 Å². The molecule has 0 aromatic rings. The predicted octanol–water partition coefficient (Wildman–Crippen LogP) is 0.165. The topological polar surface area (TPSA) is 96.3 Å². The molecule has 138 valence electrons. The van der Waals surface area contributed by atoms with Crippen LogP contribution in [0.15, 0.2) is 23.3 Å². The van der Waals surface area contributed by atoms with Crippen molar-refractivity contribution in [3.8, 4) is 0 Å². The number of cyclic esters (lactones) is 1. The first-order valence-corrected chi connectivity index (χ1v) is 8.70. The smallest absolute Gasteiger partial charge is 0.341 e. The summed E-state index contributed by atoms with van der Waals surface area (Å²) in [7, 11) is 0. The van der Waals surface area contributed by atoms with Crippen molar-refractivity contribution in [2.45, 2.75) is 44.4 Å². The van der Waals surface area contributed by atoms with E-state index >= 15 is 0 Å². The molecule has 0 aromatic carbocycles. The standard InChI is InChI=1S/C18H25NO6/c1-3-12-8-11(2)18(23,10-20)17(22)24-9-13-4-6-19-7-5-14(15(13)19)25-16(12)21/h3-4,11,14-15,20,23H,5-10H2,1-2H3/t11-,14-,15-,18+/m1/s1. The summed E-state index contributed by atoms with van der Waals surface area (Å²) in [6, 6.07) is -0.0890. The van der Waals surface area contributed by atoms with Gasteiger partial charge >= 0.3 is 11.9 Å². The Bertz CT molecular complexity index is 627. The SMILES string of the molecule is CC=C1C[C@@H](C)[C@@](O)(CO)C(=O)OCC2=CCN3CC[C@@H](OC1=O)[C@@H]23. The normalized spacial score (nSPS) is 38.5. The number of esters is 2. The molecule has 3 rings (SSSR count). The Hall–Kier alpha value is -1.70. The van der Waals surface area contributed by atoms with E-state index in [0.717, 1.165) is 25.1 Å². The molecule has 7 heteroatoms. The van der Waals surface area contributed by atoms with Crippen molar-refractivity contribution in [3.63, 3.8) is 0 Å². The van der Waals surface area contributed by atoms with Crippen molar-refractivity contribution in [1.29, 1.82) is 0 Å². The van der Waals surface area contributed by atoms with Gasteiger partial charge in [-0.25, -0.2) is 9.59 Å². The highest BCUT2D eigenvalue weighted by Crippen LogP contribution is 2.34. The quantitative estimate of drug-likeness (QED) is 0.395. The summed E-state index contributed by atoms with van der Waals surface area (Å²) in [5.41, 5.74) is -0.796. The molecule has 3 aliphatic heterocycles. The van der Waals surface area contributed by atoms with E-state index in [2.05, 4.69) is 4.90 Å². The van der Waals surface area contributed by atoms with Crippen LogP contribution in [0.1, 0.15) is 26.7 Å². The van der Waals surface area contributed by atoms with E-state index in [1.54, 1.807) is 19.9 Å². The van der Waals surface area contributed by atoms with Crippen LogP contribution in [0.25, 0.3) is 0 Å². The third-order valence-corrected chi connectivity index (χ3v) is 5.59. The lowest BCUT2D eigenvalue weighted by atomic mass is 9.84. The Morgan fingerprint density at radius 2 is 2.20 bits per heavy atom. The van der Waals surface area contributed by atoms with Crippen molar-refractivity contribution >= 4 is 11.9 Å². The summed E-state index contributed by atoms with van der Waals surface area (Å²) in [5, 5.41) is 20.2. The van der Waals surface area contributed by atoms with Gasteiger partial charge in [-0.3, -0.25) is 4.90 Å². The number of rotatable bonds is 1. The van der Waals surface area contributed by atoms with Crippen LogP contribution in [0.3, 0.4) is 0 Å². The van der Waals surface area contributed by atoms with Gasteiger partial charge in [-0.2, -0.15) is 0 Å². The fourth-order valence-corrected chi connectivity index (χ4v) is 3.85. The molecule has 0 unspecified atom stereocenters. The molecule has 0 amide bonds. The molecule has 7 nitrogen and oxygen atoms in total. The number of nitrogens with zero attached hydrogens (tertiary/aromatic N) is 1. The fraction of sp³-hybridized carbons (Fsp3) is 0.667. The summed E-state index contributed by atoms with van der Waals surface area (Å²) < 4.78 is 11.1. The number of carbonyl (C=O) groups excluding carboxylic acids is 2. The molecule has 0 spiro atoms. The predicted molar refractivity (Wildman–Crippen MR) is 88.5 cm³/mol. The largest absolute Gasteiger partial charge is 0.459 e. The second-order valence-electron chi connectivity index (χ2n) is 7.03. The minimum atomic E-state index is -2.05. The highest BCUT2D eigenvalue weighted by atomic mass is 16.6. The van der Waals surface area contributed by atoms with Crippen LogP contribution in [0, 0.1) is 5.92 Å². The second kappa shape index (κ2) is 6.90. The number of aliphatic hydroxyl groups is 2. The molecule has 4 atom stereocenters. The van der Waals surface area contributed by atoms with Crippen LogP contribution in [0.5, 0.6) is 0 Å². The van der Waals surface area contributed by atoms with Crippen molar-refractivity contribution in [2.75, 3.05) is 26.3 Å². The molecule has 25 heavy (non-hydrogen) atoms. The number of hydrogen-bond donors (Lipinski definition) is 2. The minimum Gasteiger partial charge on any atom is -0.459 e. The lowest BCUT2D eigenvalue weighted by molar-refractivity contribution is -0.176. The number of allylic oxidation sites excluding steroid dienone is 1. The number of hydrogen-bond acceptors (Lipinski definition) is 7. The molecule has 0 bridgehead atoms. The average molecular weight is 351 g/mol. The fourth-order valence-electron chi connectivity index (χ4n) is 3.85. The molecule has 0 saturated carbocycles. The zero-order valence-electron chi connectivity index (χ0n) is 14.6. The van der Waals surface area contributed by atoms with E-state index in [4.69, 9.17) is 9.47 Å². The van der Waals surface area contributed by atoms with E-state index in [-0.39, 0.29) is 25.2 Å². The Balaban J connectivity index is 1.93. The molecular formula is C18H25NO6. The molecule has 3 aliphatic rings. The van der Waals surface area contributed by atoms with Crippen LogP contribution in [-0.2, 0) is 19.1 Å². The monoisotopic (exact) mass is 351 g/mol. The second-order valence-corrected chi connectivity index (χ2v) is 7.03. The van der Waals surface area contributed by atoms with Gasteiger partial charge in [0.1, 0.15) is 12.7 Å². The zero-order valence-corrected chi connectivity index (χ0v) is 14.6. The molecular weight excluding hydrogens is 326 g/mol. The molecule has 0 radical (unpaired) electrons. The lowest BCUT2D eigenvalue weighted by Gasteiger charge is -2.32. The number of carbonyl (C=O) groups is 2. The Morgan fingerprint density at radius 3 is 2.88 bits per heavy atom. The van der Waals surface area contributed by atoms with Crippen LogP contribution in [0.4, 0.5) is 0 Å². The lowest BCUT2D eigenvalue weighted by Crippen LogP contribution is -2.50. The van der Waals surface area contributed by atoms with E-state index < -0.39 is 30.1 Å². The maximum absolute atomic E-state index is 12.6. The van der Waals surface area contributed by atoms with Gasteiger partial charge in [0.05, 0.1) is 12.6 Å². The maximum atomic E-state index is 12.6. The average Bonchev–Trinajstić information content (AvgIpc) is 3.18. The molecule has 2 saturated heterocycles. The van der Waals surface area contributed by atoms with Gasteiger partial charge in [-0.1, -0.05) is 19.1 Å². The summed E-state index contributed by atoms with van der Waals surface area (Å²) in [6.07, 6.45) is 4.20. The van der Waals surface area contributed by atoms with E-state index in [9.17, 15) is 19.8 Å². The van der Waals surface area contributed by atoms with E-state index in [1.165, 1.54) is 0 Å². The summed E-state index contributed by atoms with van der Waals surface area (Å²) in [4.78, 5) is 27.2. The van der Waals surface area contributed by atoms with E-state index in [0.29, 0.717) is 5.57 Å². The molecule has 2 N–H and O–H groups in total. The maximum Gasteiger partial charge on any atom is 0.341 e. The van der Waals surface area contributed by atoms with Crippen LogP contribution in [0.2, 0.25) is 0 Å². The van der Waals surface area contributed by atoms with Crippen molar-refractivity contribution < 1.29 is 29.3 Å². The van der Waals surface area contributed by atoms with Gasteiger partial charge in [-0.05, 0) is 25.3 Å². The summed E-state index contributed by atoms with van der Waals surface area (Å²) in [5.74, 6) is -1.99. The highest BCUT2D eigenvalue weighted by molar-refractivity contribution is 5.89. The van der Waals surface area contributed by atoms with Crippen LogP contribution < -0.4 is 0 Å². The summed E-state index contributed by atoms with van der Waals surface area (Å²) in [6.45, 7) is 4.12. The van der Waals surface area contributed by atoms with Gasteiger partial charge in [0, 0.05) is 24.6 Å². The van der Waals surface area contributed by atoms with Crippen LogP contribution in [-0.4, -0.2) is 71.1 Å². The van der Waals surface area contributed by atoms with Crippen molar-refractivity contribution in [1.82, 2.24) is 4.90 Å². The molecule has 0 aromatic heterocycles. The Morgan fingerprint density at radius 1 is 1.44 bits per heavy atom. The molecule has 2 fully saturated rings. The van der Waals surface area contributed by atoms with Gasteiger partial charge in [0.25, 0.3) is 0 Å². The molecule has 0 aliphatic carbocycles. The minimum absolute atomic E-state index is 0.0273. The third kappa shape index (κ3) is 3.12. The molecule has 3 heterocycles. The van der Waals surface area contributed by atoms with Crippen molar-refractivity contribution in [2.24, 2.45) is 5.92 Å². The van der Waals surface area contributed by atoms with Crippen molar-refractivity contribution in [3.05, 3.63) is 23.3 Å². The first-order chi connectivity index (χ1) is 11.9.